The zero-order valence-corrected chi connectivity index (χ0v) is 11.8. The molecule has 2 heterocycles. The molecule has 1 aromatic heterocycles. The molecule has 1 aromatic carbocycles. The fourth-order valence-electron chi connectivity index (χ4n) is 2.34. The second-order valence-electron chi connectivity index (χ2n) is 4.95. The second kappa shape index (κ2) is 5.51. The molecule has 20 heavy (non-hydrogen) atoms. The lowest BCUT2D eigenvalue weighted by atomic mass is 10.1. The SMILES string of the molecule is O=S(=O)(NC[C@H]1CCCCN1)c1nc2ccccc2o1. The van der Waals surface area contributed by atoms with Crippen molar-refractivity contribution in [3.63, 3.8) is 0 Å². The lowest BCUT2D eigenvalue weighted by Crippen LogP contribution is -2.43. The van der Waals surface area contributed by atoms with Gasteiger partial charge in [-0.25, -0.2) is 13.1 Å². The van der Waals surface area contributed by atoms with E-state index in [4.69, 9.17) is 4.42 Å². The van der Waals surface area contributed by atoms with E-state index in [-0.39, 0.29) is 11.3 Å². The third-order valence-electron chi connectivity index (χ3n) is 3.44. The van der Waals surface area contributed by atoms with E-state index in [1.54, 1.807) is 24.3 Å². The topological polar surface area (TPSA) is 84.2 Å². The van der Waals surface area contributed by atoms with Crippen molar-refractivity contribution in [2.45, 2.75) is 30.5 Å². The summed E-state index contributed by atoms with van der Waals surface area (Å²) in [6.07, 6.45) is 3.26. The van der Waals surface area contributed by atoms with Gasteiger partial charge in [-0.1, -0.05) is 18.6 Å². The lowest BCUT2D eigenvalue weighted by molar-refractivity contribution is 0.394. The smallest absolute Gasteiger partial charge is 0.331 e. The van der Waals surface area contributed by atoms with E-state index in [1.807, 2.05) is 0 Å². The number of sulfonamides is 1. The molecule has 0 saturated carbocycles. The third kappa shape index (κ3) is 2.84. The number of para-hydroxylation sites is 2. The van der Waals surface area contributed by atoms with Gasteiger partial charge in [0.1, 0.15) is 5.52 Å². The minimum atomic E-state index is -3.69. The van der Waals surface area contributed by atoms with Gasteiger partial charge in [0.25, 0.3) is 10.0 Å². The number of piperidine rings is 1. The van der Waals surface area contributed by atoms with Gasteiger partial charge in [-0.05, 0) is 31.5 Å². The Morgan fingerprint density at radius 1 is 1.35 bits per heavy atom. The lowest BCUT2D eigenvalue weighted by Gasteiger charge is -2.23. The molecule has 7 heteroatoms. The molecule has 6 nitrogen and oxygen atoms in total. The summed E-state index contributed by atoms with van der Waals surface area (Å²) in [6, 6.07) is 7.18. The van der Waals surface area contributed by atoms with Crippen LogP contribution in [0.15, 0.2) is 33.9 Å². The molecule has 1 aliphatic heterocycles. The molecule has 0 radical (unpaired) electrons. The molecular weight excluding hydrogens is 278 g/mol. The van der Waals surface area contributed by atoms with Gasteiger partial charge >= 0.3 is 5.22 Å². The Morgan fingerprint density at radius 2 is 2.20 bits per heavy atom. The highest BCUT2D eigenvalue weighted by Gasteiger charge is 2.23. The molecule has 0 unspecified atom stereocenters. The Kier molecular flexibility index (Phi) is 3.73. The van der Waals surface area contributed by atoms with Crippen molar-refractivity contribution >= 4 is 21.1 Å². The highest BCUT2D eigenvalue weighted by atomic mass is 32.2. The van der Waals surface area contributed by atoms with Crippen molar-refractivity contribution in [1.29, 1.82) is 0 Å². The molecule has 1 saturated heterocycles. The van der Waals surface area contributed by atoms with Gasteiger partial charge < -0.3 is 9.73 Å². The largest absolute Gasteiger partial charge is 0.427 e. The third-order valence-corrected chi connectivity index (χ3v) is 4.62. The summed E-state index contributed by atoms with van der Waals surface area (Å²) in [4.78, 5) is 4.01. The standard InChI is InChI=1S/C13H17N3O3S/c17-20(18,15-9-10-5-3-4-8-14-10)13-16-11-6-1-2-7-12(11)19-13/h1-2,6-7,10,14-15H,3-5,8-9H2/t10-/m1/s1. The van der Waals surface area contributed by atoms with Crippen LogP contribution >= 0.6 is 0 Å². The summed E-state index contributed by atoms with van der Waals surface area (Å²) in [7, 11) is -3.69. The first-order valence-corrected chi connectivity index (χ1v) is 8.22. The number of hydrogen-bond donors (Lipinski definition) is 2. The highest BCUT2D eigenvalue weighted by molar-refractivity contribution is 7.89. The van der Waals surface area contributed by atoms with Crippen LogP contribution in [0.2, 0.25) is 0 Å². The quantitative estimate of drug-likeness (QED) is 0.887. The van der Waals surface area contributed by atoms with Crippen LogP contribution in [0.3, 0.4) is 0 Å². The monoisotopic (exact) mass is 295 g/mol. The van der Waals surface area contributed by atoms with E-state index >= 15 is 0 Å². The average molecular weight is 295 g/mol. The number of rotatable bonds is 4. The molecule has 0 spiro atoms. The van der Waals surface area contributed by atoms with Crippen molar-refractivity contribution < 1.29 is 12.8 Å². The molecule has 1 atom stereocenters. The van der Waals surface area contributed by atoms with E-state index in [0.717, 1.165) is 25.8 Å². The molecule has 0 aliphatic carbocycles. The van der Waals surface area contributed by atoms with E-state index in [2.05, 4.69) is 15.0 Å². The zero-order chi connectivity index (χ0) is 14.0. The number of hydrogen-bond acceptors (Lipinski definition) is 5. The summed E-state index contributed by atoms with van der Waals surface area (Å²) >= 11 is 0. The van der Waals surface area contributed by atoms with Gasteiger partial charge in [-0.3, -0.25) is 0 Å². The number of nitrogens with one attached hydrogen (secondary N) is 2. The Labute approximate surface area is 117 Å². The first-order chi connectivity index (χ1) is 9.65. The summed E-state index contributed by atoms with van der Waals surface area (Å²) in [6.45, 7) is 1.30. The number of fused-ring (bicyclic) bond motifs is 1. The molecule has 0 bridgehead atoms. The van der Waals surface area contributed by atoms with Gasteiger partial charge in [0, 0.05) is 12.6 Å². The van der Waals surface area contributed by atoms with Crippen LogP contribution < -0.4 is 10.0 Å². The van der Waals surface area contributed by atoms with Gasteiger partial charge in [0.05, 0.1) is 0 Å². The molecule has 1 fully saturated rings. The van der Waals surface area contributed by atoms with Crippen LogP contribution in [0.1, 0.15) is 19.3 Å². The minimum absolute atomic E-state index is 0.183. The Balaban J connectivity index is 1.73. The zero-order valence-electron chi connectivity index (χ0n) is 11.0. The van der Waals surface area contributed by atoms with Gasteiger partial charge in [0.2, 0.25) is 0 Å². The average Bonchev–Trinajstić information content (AvgIpc) is 2.91. The number of nitrogens with zero attached hydrogens (tertiary/aromatic N) is 1. The molecule has 2 aromatic rings. The van der Waals surface area contributed by atoms with Crippen molar-refractivity contribution in [2.75, 3.05) is 13.1 Å². The Bertz CT molecular complexity index is 657. The minimum Gasteiger partial charge on any atom is -0.427 e. The predicted molar refractivity (Wildman–Crippen MR) is 74.8 cm³/mol. The second-order valence-corrected chi connectivity index (χ2v) is 6.59. The molecular formula is C13H17N3O3S. The van der Waals surface area contributed by atoms with Crippen LogP contribution in [-0.4, -0.2) is 32.5 Å². The van der Waals surface area contributed by atoms with Gasteiger partial charge in [-0.15, -0.1) is 0 Å². The van der Waals surface area contributed by atoms with Crippen molar-refractivity contribution in [3.05, 3.63) is 24.3 Å². The van der Waals surface area contributed by atoms with Crippen LogP contribution in [0.5, 0.6) is 0 Å². The number of oxazole rings is 1. The summed E-state index contributed by atoms with van der Waals surface area (Å²) in [5, 5.41) is 3.02. The molecule has 108 valence electrons. The van der Waals surface area contributed by atoms with E-state index < -0.39 is 10.0 Å². The van der Waals surface area contributed by atoms with E-state index in [0.29, 0.717) is 17.6 Å². The van der Waals surface area contributed by atoms with Crippen molar-refractivity contribution in [1.82, 2.24) is 15.0 Å². The molecule has 0 amide bonds. The summed E-state index contributed by atoms with van der Waals surface area (Å²) in [5.41, 5.74) is 1.02. The van der Waals surface area contributed by atoms with E-state index in [9.17, 15) is 8.42 Å². The number of benzene rings is 1. The summed E-state index contributed by atoms with van der Waals surface area (Å²) in [5.74, 6) is 0. The Hall–Kier alpha value is -1.44. The maximum Gasteiger partial charge on any atom is 0.331 e. The summed E-state index contributed by atoms with van der Waals surface area (Å²) < 4.78 is 32.1. The first-order valence-electron chi connectivity index (χ1n) is 6.74. The molecule has 2 N–H and O–H groups in total. The maximum absolute atomic E-state index is 12.1. The van der Waals surface area contributed by atoms with Crippen LogP contribution in [0.4, 0.5) is 0 Å². The van der Waals surface area contributed by atoms with E-state index in [1.165, 1.54) is 0 Å². The highest BCUT2D eigenvalue weighted by Crippen LogP contribution is 2.18. The molecule has 3 rings (SSSR count). The fourth-order valence-corrected chi connectivity index (χ4v) is 3.30. The van der Waals surface area contributed by atoms with Crippen LogP contribution in [0.25, 0.3) is 11.1 Å². The van der Waals surface area contributed by atoms with Gasteiger partial charge in [0.15, 0.2) is 5.58 Å². The van der Waals surface area contributed by atoms with Crippen LogP contribution in [-0.2, 0) is 10.0 Å². The predicted octanol–water partition coefficient (Wildman–Crippen LogP) is 1.25. The first kappa shape index (κ1) is 13.5. The number of aromatic nitrogens is 1. The van der Waals surface area contributed by atoms with Gasteiger partial charge in [-0.2, -0.15) is 4.98 Å². The normalized spacial score (nSPS) is 20.3. The Morgan fingerprint density at radius 3 is 2.95 bits per heavy atom. The van der Waals surface area contributed by atoms with Crippen molar-refractivity contribution in [3.8, 4) is 0 Å². The molecule has 1 aliphatic rings. The fraction of sp³-hybridized carbons (Fsp3) is 0.462. The van der Waals surface area contributed by atoms with Crippen LogP contribution in [0, 0.1) is 0 Å². The maximum atomic E-state index is 12.1. The van der Waals surface area contributed by atoms with Crippen molar-refractivity contribution in [2.24, 2.45) is 0 Å².